The quantitative estimate of drug-likeness (QED) is 0.425. The molecule has 3 rings (SSSR count). The highest BCUT2D eigenvalue weighted by atomic mass is 32.2. The smallest absolute Gasteiger partial charge is 0.348 e. The highest BCUT2D eigenvalue weighted by Gasteiger charge is 2.14. The Kier molecular flexibility index (Phi) is 6.20. The highest BCUT2D eigenvalue weighted by Crippen LogP contribution is 2.37. The van der Waals surface area contributed by atoms with Crippen molar-refractivity contribution in [1.82, 2.24) is 0 Å². The van der Waals surface area contributed by atoms with Gasteiger partial charge in [0.1, 0.15) is 17.2 Å². The maximum Gasteiger partial charge on any atom is 0.348 e. The zero-order valence-corrected chi connectivity index (χ0v) is 16.2. The number of hydrogen-bond donors (Lipinski definition) is 1. The van der Waals surface area contributed by atoms with Crippen LogP contribution in [0.4, 0.5) is 11.4 Å². The van der Waals surface area contributed by atoms with Crippen LogP contribution in [0.15, 0.2) is 64.9 Å². The number of carbonyl (C=O) groups is 1. The number of rotatable bonds is 7. The molecule has 134 valence electrons. The van der Waals surface area contributed by atoms with E-state index in [1.54, 1.807) is 11.8 Å². The van der Waals surface area contributed by atoms with Crippen molar-refractivity contribution in [2.24, 2.45) is 0 Å². The van der Waals surface area contributed by atoms with Gasteiger partial charge in [-0.15, -0.1) is 23.1 Å². The van der Waals surface area contributed by atoms with Crippen molar-refractivity contribution >= 4 is 40.4 Å². The molecule has 0 atom stereocenters. The summed E-state index contributed by atoms with van der Waals surface area (Å²) in [6.45, 7) is 0.539. The van der Waals surface area contributed by atoms with Crippen LogP contribution in [0.1, 0.15) is 15.2 Å². The minimum Gasteiger partial charge on any atom is -0.489 e. The summed E-state index contributed by atoms with van der Waals surface area (Å²) in [5.74, 6) is 0.494. The van der Waals surface area contributed by atoms with E-state index in [4.69, 9.17) is 9.47 Å². The number of thioether (sulfide) groups is 1. The topological polar surface area (TPSA) is 47.6 Å². The van der Waals surface area contributed by atoms with Crippen LogP contribution in [-0.2, 0) is 11.3 Å². The number of ether oxygens (including phenoxy) is 2. The normalized spacial score (nSPS) is 10.4. The summed E-state index contributed by atoms with van der Waals surface area (Å²) >= 11 is 3.02. The van der Waals surface area contributed by atoms with Crippen molar-refractivity contribution in [3.8, 4) is 5.75 Å². The van der Waals surface area contributed by atoms with Crippen LogP contribution in [0, 0.1) is 0 Å². The van der Waals surface area contributed by atoms with Crippen molar-refractivity contribution in [2.45, 2.75) is 10.8 Å². The zero-order valence-electron chi connectivity index (χ0n) is 14.5. The number of nitrogens with one attached hydrogen (secondary N) is 1. The van der Waals surface area contributed by atoms with Gasteiger partial charge in [-0.2, -0.15) is 0 Å². The van der Waals surface area contributed by atoms with Gasteiger partial charge < -0.3 is 14.8 Å². The summed E-state index contributed by atoms with van der Waals surface area (Å²) in [5.41, 5.74) is 2.97. The number of carbonyl (C=O) groups excluding carboxylic acids is 1. The van der Waals surface area contributed by atoms with Crippen molar-refractivity contribution in [3.05, 3.63) is 71.1 Å². The first-order valence-corrected chi connectivity index (χ1v) is 10.0. The van der Waals surface area contributed by atoms with Crippen LogP contribution in [-0.4, -0.2) is 19.3 Å². The fourth-order valence-corrected chi connectivity index (χ4v) is 4.04. The van der Waals surface area contributed by atoms with E-state index in [2.05, 4.69) is 5.32 Å². The standard InChI is InChI=1S/C20H19NO3S2/c1-23-19(22)18-12-17(20(25-2)26-18)21-15-8-10-16(11-9-15)24-13-14-6-4-3-5-7-14/h3-12,21H,13H2,1-2H3. The van der Waals surface area contributed by atoms with Gasteiger partial charge in [-0.3, -0.25) is 0 Å². The fourth-order valence-electron chi connectivity index (χ4n) is 2.35. The van der Waals surface area contributed by atoms with E-state index in [0.717, 1.165) is 26.9 Å². The summed E-state index contributed by atoms with van der Waals surface area (Å²) < 4.78 is 11.6. The number of thiophene rings is 1. The zero-order chi connectivity index (χ0) is 18.4. The molecule has 6 heteroatoms. The number of methoxy groups -OCH3 is 1. The third-order valence-corrected chi connectivity index (χ3v) is 5.90. The molecule has 2 aromatic carbocycles. The van der Waals surface area contributed by atoms with Gasteiger partial charge in [0, 0.05) is 5.69 Å². The molecule has 0 unspecified atom stereocenters. The molecule has 0 aliphatic rings. The third kappa shape index (κ3) is 4.59. The Morgan fingerprint density at radius 3 is 2.50 bits per heavy atom. The number of esters is 1. The predicted molar refractivity (Wildman–Crippen MR) is 108 cm³/mol. The summed E-state index contributed by atoms with van der Waals surface area (Å²) in [4.78, 5) is 12.3. The van der Waals surface area contributed by atoms with Gasteiger partial charge in [0.25, 0.3) is 0 Å². The highest BCUT2D eigenvalue weighted by molar-refractivity contribution is 8.00. The van der Waals surface area contributed by atoms with Crippen LogP contribution in [0.25, 0.3) is 0 Å². The first kappa shape index (κ1) is 18.4. The van der Waals surface area contributed by atoms with Gasteiger partial charge in [0.05, 0.1) is 17.0 Å². The molecule has 1 N–H and O–H groups in total. The average molecular weight is 386 g/mol. The lowest BCUT2D eigenvalue weighted by Crippen LogP contribution is -1.97. The Morgan fingerprint density at radius 2 is 1.85 bits per heavy atom. The summed E-state index contributed by atoms with van der Waals surface area (Å²) in [6.07, 6.45) is 1.98. The molecule has 1 heterocycles. The van der Waals surface area contributed by atoms with Crippen molar-refractivity contribution in [2.75, 3.05) is 18.7 Å². The second kappa shape index (κ2) is 8.78. The van der Waals surface area contributed by atoms with E-state index in [1.807, 2.05) is 66.9 Å². The Bertz CT molecular complexity index is 861. The molecule has 0 radical (unpaired) electrons. The lowest BCUT2D eigenvalue weighted by molar-refractivity contribution is 0.0606. The Balaban J connectivity index is 1.65. The largest absolute Gasteiger partial charge is 0.489 e. The Hall–Kier alpha value is -2.44. The molecule has 0 bridgehead atoms. The van der Waals surface area contributed by atoms with Gasteiger partial charge in [0.2, 0.25) is 0 Å². The van der Waals surface area contributed by atoms with Gasteiger partial charge in [0.15, 0.2) is 0 Å². The first-order valence-electron chi connectivity index (χ1n) is 7.99. The molecular formula is C20H19NO3S2. The van der Waals surface area contributed by atoms with E-state index < -0.39 is 0 Å². The van der Waals surface area contributed by atoms with Gasteiger partial charge >= 0.3 is 5.97 Å². The van der Waals surface area contributed by atoms with E-state index in [9.17, 15) is 4.79 Å². The average Bonchev–Trinajstić information content (AvgIpc) is 3.10. The molecule has 3 aromatic rings. The van der Waals surface area contributed by atoms with Gasteiger partial charge in [-0.1, -0.05) is 30.3 Å². The van der Waals surface area contributed by atoms with Crippen molar-refractivity contribution in [3.63, 3.8) is 0 Å². The molecule has 0 spiro atoms. The van der Waals surface area contributed by atoms with E-state index >= 15 is 0 Å². The fraction of sp³-hybridized carbons (Fsp3) is 0.150. The number of anilines is 2. The lowest BCUT2D eigenvalue weighted by atomic mass is 10.2. The Morgan fingerprint density at radius 1 is 1.12 bits per heavy atom. The second-order valence-electron chi connectivity index (χ2n) is 5.43. The summed E-state index contributed by atoms with van der Waals surface area (Å²) in [5, 5.41) is 3.35. The van der Waals surface area contributed by atoms with Crippen LogP contribution in [0.5, 0.6) is 5.75 Å². The lowest BCUT2D eigenvalue weighted by Gasteiger charge is -2.09. The molecule has 0 saturated heterocycles. The molecule has 26 heavy (non-hydrogen) atoms. The van der Waals surface area contributed by atoms with Crippen molar-refractivity contribution in [1.29, 1.82) is 0 Å². The Labute approximate surface area is 161 Å². The molecule has 0 aliphatic heterocycles. The van der Waals surface area contributed by atoms with E-state index in [1.165, 1.54) is 18.4 Å². The maximum absolute atomic E-state index is 11.7. The van der Waals surface area contributed by atoms with E-state index in [0.29, 0.717) is 11.5 Å². The number of benzene rings is 2. The van der Waals surface area contributed by atoms with E-state index in [-0.39, 0.29) is 5.97 Å². The number of hydrogen-bond acceptors (Lipinski definition) is 6. The molecule has 0 amide bonds. The van der Waals surface area contributed by atoms with Crippen molar-refractivity contribution < 1.29 is 14.3 Å². The second-order valence-corrected chi connectivity index (χ2v) is 7.56. The van der Waals surface area contributed by atoms with Crippen LogP contribution in [0.2, 0.25) is 0 Å². The maximum atomic E-state index is 11.7. The molecule has 4 nitrogen and oxygen atoms in total. The summed E-state index contributed by atoms with van der Waals surface area (Å²) in [6, 6.07) is 19.7. The van der Waals surface area contributed by atoms with Crippen LogP contribution in [0.3, 0.4) is 0 Å². The minimum atomic E-state index is -0.317. The third-order valence-electron chi connectivity index (χ3n) is 3.65. The molecule has 1 aromatic heterocycles. The molecule has 0 saturated carbocycles. The van der Waals surface area contributed by atoms with Crippen LogP contribution < -0.4 is 10.1 Å². The van der Waals surface area contributed by atoms with Gasteiger partial charge in [-0.05, 0) is 42.2 Å². The van der Waals surface area contributed by atoms with Crippen LogP contribution >= 0.6 is 23.1 Å². The SMILES string of the molecule is COC(=O)c1cc(Nc2ccc(OCc3ccccc3)cc2)c(SC)s1. The molecule has 0 fully saturated rings. The monoisotopic (exact) mass is 385 g/mol. The van der Waals surface area contributed by atoms with Gasteiger partial charge in [-0.25, -0.2) is 4.79 Å². The minimum absolute atomic E-state index is 0.317. The first-order chi connectivity index (χ1) is 12.7. The summed E-state index contributed by atoms with van der Waals surface area (Å²) in [7, 11) is 1.39. The predicted octanol–water partition coefficient (Wildman–Crippen LogP) is 5.58. The molecule has 0 aliphatic carbocycles. The molecular weight excluding hydrogens is 366 g/mol.